The van der Waals surface area contributed by atoms with E-state index in [0.29, 0.717) is 5.82 Å². The van der Waals surface area contributed by atoms with Crippen LogP contribution >= 0.6 is 11.3 Å². The van der Waals surface area contributed by atoms with E-state index in [1.54, 1.807) is 11.3 Å². The molecular weight excluding hydrogens is 234 g/mol. The minimum atomic E-state index is 0.242. The molecule has 2 aromatic rings. The zero-order chi connectivity index (χ0) is 11.7. The number of nitrogens with zero attached hydrogens (tertiary/aromatic N) is 2. The van der Waals surface area contributed by atoms with Gasteiger partial charge < -0.3 is 9.84 Å². The number of rotatable bonds is 2. The van der Waals surface area contributed by atoms with Gasteiger partial charge in [-0.3, -0.25) is 0 Å². The molecule has 0 bridgehead atoms. The Morgan fingerprint density at radius 1 is 1.41 bits per heavy atom. The molecule has 1 saturated heterocycles. The van der Waals surface area contributed by atoms with Crippen LogP contribution in [-0.4, -0.2) is 16.7 Å². The Morgan fingerprint density at radius 2 is 2.35 bits per heavy atom. The monoisotopic (exact) mass is 249 g/mol. The molecule has 1 N–H and O–H groups in total. The predicted molar refractivity (Wildman–Crippen MR) is 66.9 cm³/mol. The van der Waals surface area contributed by atoms with Crippen LogP contribution < -0.4 is 5.32 Å². The van der Waals surface area contributed by atoms with Crippen molar-refractivity contribution in [3.63, 3.8) is 0 Å². The molecule has 0 saturated carbocycles. The van der Waals surface area contributed by atoms with Gasteiger partial charge in [0.25, 0.3) is 0 Å². The molecule has 1 atom stereocenters. The van der Waals surface area contributed by atoms with Gasteiger partial charge in [0.1, 0.15) is 0 Å². The number of aryl methyl sites for hydroxylation is 1. The largest absolute Gasteiger partial charge is 0.337 e. The molecule has 2 aromatic heterocycles. The van der Waals surface area contributed by atoms with Gasteiger partial charge in [0, 0.05) is 4.88 Å². The van der Waals surface area contributed by atoms with Crippen molar-refractivity contribution in [2.24, 2.45) is 0 Å². The number of hydrogen-bond donors (Lipinski definition) is 1. The molecule has 3 rings (SSSR count). The molecule has 1 unspecified atom stereocenters. The summed E-state index contributed by atoms with van der Waals surface area (Å²) in [6.07, 6.45) is 3.56. The first kappa shape index (κ1) is 10.9. The number of hydrogen-bond acceptors (Lipinski definition) is 5. The van der Waals surface area contributed by atoms with Crippen LogP contribution in [0, 0.1) is 6.92 Å². The smallest absolute Gasteiger partial charge is 0.244 e. The van der Waals surface area contributed by atoms with Gasteiger partial charge in [-0.25, -0.2) is 0 Å². The first-order valence-electron chi connectivity index (χ1n) is 5.97. The van der Waals surface area contributed by atoms with Crippen LogP contribution in [0.5, 0.6) is 0 Å². The van der Waals surface area contributed by atoms with Crippen molar-refractivity contribution in [3.05, 3.63) is 22.9 Å². The molecule has 0 radical (unpaired) electrons. The third-order valence-electron chi connectivity index (χ3n) is 3.01. The van der Waals surface area contributed by atoms with Gasteiger partial charge in [0.2, 0.25) is 11.7 Å². The maximum atomic E-state index is 5.35. The Labute approximate surface area is 104 Å². The van der Waals surface area contributed by atoms with Crippen molar-refractivity contribution >= 4 is 11.3 Å². The van der Waals surface area contributed by atoms with Gasteiger partial charge in [-0.2, -0.15) is 4.98 Å². The minimum Gasteiger partial charge on any atom is -0.337 e. The average Bonchev–Trinajstić information content (AvgIpc) is 2.98. The summed E-state index contributed by atoms with van der Waals surface area (Å²) in [6, 6.07) is 4.36. The highest BCUT2D eigenvalue weighted by Crippen LogP contribution is 2.28. The first-order chi connectivity index (χ1) is 8.33. The molecular formula is C12H15N3OS. The summed E-state index contributed by atoms with van der Waals surface area (Å²) < 4.78 is 5.35. The summed E-state index contributed by atoms with van der Waals surface area (Å²) in [5, 5.41) is 7.47. The highest BCUT2D eigenvalue weighted by molar-refractivity contribution is 7.15. The quantitative estimate of drug-likeness (QED) is 0.889. The Bertz CT molecular complexity index is 499. The van der Waals surface area contributed by atoms with E-state index in [-0.39, 0.29) is 6.04 Å². The number of nitrogens with one attached hydrogen (secondary N) is 1. The van der Waals surface area contributed by atoms with Gasteiger partial charge in [0.05, 0.1) is 10.9 Å². The van der Waals surface area contributed by atoms with E-state index in [9.17, 15) is 0 Å². The van der Waals surface area contributed by atoms with Crippen LogP contribution in [0.4, 0.5) is 0 Å². The van der Waals surface area contributed by atoms with Crippen molar-refractivity contribution in [2.45, 2.75) is 32.2 Å². The minimum absolute atomic E-state index is 0.242. The summed E-state index contributed by atoms with van der Waals surface area (Å²) in [5.74, 6) is 1.44. The molecule has 5 heteroatoms. The fourth-order valence-electron chi connectivity index (χ4n) is 2.09. The molecule has 0 aliphatic carbocycles. The number of piperidine rings is 1. The lowest BCUT2D eigenvalue weighted by Crippen LogP contribution is -2.26. The van der Waals surface area contributed by atoms with Crippen molar-refractivity contribution in [2.75, 3.05) is 6.54 Å². The van der Waals surface area contributed by atoms with Crippen LogP contribution in [0.2, 0.25) is 0 Å². The Balaban J connectivity index is 1.82. The maximum absolute atomic E-state index is 5.35. The van der Waals surface area contributed by atoms with Crippen LogP contribution in [0.25, 0.3) is 10.7 Å². The Morgan fingerprint density at radius 3 is 3.06 bits per heavy atom. The molecule has 90 valence electrons. The molecule has 1 aliphatic heterocycles. The van der Waals surface area contributed by atoms with E-state index in [2.05, 4.69) is 28.4 Å². The summed E-state index contributed by atoms with van der Waals surface area (Å²) in [5.41, 5.74) is 0. The highest BCUT2D eigenvalue weighted by atomic mass is 32.1. The fourth-order valence-corrected chi connectivity index (χ4v) is 2.89. The van der Waals surface area contributed by atoms with Crippen LogP contribution in [0.1, 0.15) is 36.1 Å². The molecule has 0 amide bonds. The van der Waals surface area contributed by atoms with Crippen molar-refractivity contribution in [1.29, 1.82) is 0 Å². The zero-order valence-corrected chi connectivity index (χ0v) is 10.6. The summed E-state index contributed by atoms with van der Waals surface area (Å²) >= 11 is 1.70. The van der Waals surface area contributed by atoms with Crippen LogP contribution in [0.15, 0.2) is 16.7 Å². The van der Waals surface area contributed by atoms with Crippen molar-refractivity contribution in [1.82, 2.24) is 15.5 Å². The van der Waals surface area contributed by atoms with Gasteiger partial charge in [-0.1, -0.05) is 11.6 Å². The van der Waals surface area contributed by atoms with Gasteiger partial charge >= 0.3 is 0 Å². The molecule has 3 heterocycles. The lowest BCUT2D eigenvalue weighted by molar-refractivity contribution is 0.297. The van der Waals surface area contributed by atoms with E-state index in [0.717, 1.165) is 23.7 Å². The topological polar surface area (TPSA) is 51.0 Å². The maximum Gasteiger partial charge on any atom is 0.244 e. The summed E-state index contributed by atoms with van der Waals surface area (Å²) in [7, 11) is 0. The van der Waals surface area contributed by atoms with E-state index in [1.807, 2.05) is 6.07 Å². The number of aromatic nitrogens is 2. The number of thiophene rings is 1. The second kappa shape index (κ2) is 4.58. The predicted octanol–water partition coefficient (Wildman–Crippen LogP) is 2.92. The van der Waals surface area contributed by atoms with E-state index in [1.165, 1.54) is 17.7 Å². The van der Waals surface area contributed by atoms with E-state index < -0.39 is 0 Å². The highest BCUT2D eigenvalue weighted by Gasteiger charge is 2.21. The summed E-state index contributed by atoms with van der Waals surface area (Å²) in [4.78, 5) is 6.83. The fraction of sp³-hybridized carbons (Fsp3) is 0.500. The van der Waals surface area contributed by atoms with E-state index >= 15 is 0 Å². The van der Waals surface area contributed by atoms with Crippen molar-refractivity contribution in [3.8, 4) is 10.7 Å². The average molecular weight is 249 g/mol. The second-order valence-corrected chi connectivity index (χ2v) is 5.66. The van der Waals surface area contributed by atoms with Gasteiger partial charge in [-0.15, -0.1) is 11.3 Å². The zero-order valence-electron chi connectivity index (χ0n) is 9.77. The molecule has 1 fully saturated rings. The normalized spacial score (nSPS) is 20.6. The standard InChI is InChI=1S/C12H15N3OS/c1-8-5-6-10(17-8)11-14-12(16-15-11)9-4-2-3-7-13-9/h5-6,9,13H,2-4,7H2,1H3. The third kappa shape index (κ3) is 2.25. The lowest BCUT2D eigenvalue weighted by Gasteiger charge is -2.19. The summed E-state index contributed by atoms with van der Waals surface area (Å²) in [6.45, 7) is 3.12. The molecule has 1 aliphatic rings. The lowest BCUT2D eigenvalue weighted by atomic mass is 10.1. The Kier molecular flexibility index (Phi) is 2.94. The molecule has 4 nitrogen and oxygen atoms in total. The molecule has 0 spiro atoms. The van der Waals surface area contributed by atoms with Crippen LogP contribution in [0.3, 0.4) is 0 Å². The SMILES string of the molecule is Cc1ccc(-c2noc(C3CCCCN3)n2)s1. The third-order valence-corrected chi connectivity index (χ3v) is 4.01. The van der Waals surface area contributed by atoms with E-state index in [4.69, 9.17) is 4.52 Å². The second-order valence-electron chi connectivity index (χ2n) is 4.37. The molecule has 17 heavy (non-hydrogen) atoms. The van der Waals surface area contributed by atoms with Gasteiger partial charge in [0.15, 0.2) is 0 Å². The Hall–Kier alpha value is -1.20. The van der Waals surface area contributed by atoms with Crippen LogP contribution in [-0.2, 0) is 0 Å². The first-order valence-corrected chi connectivity index (χ1v) is 6.78. The van der Waals surface area contributed by atoms with Crippen molar-refractivity contribution < 1.29 is 4.52 Å². The van der Waals surface area contributed by atoms with Gasteiger partial charge in [-0.05, 0) is 38.4 Å². The molecule has 0 aromatic carbocycles.